The van der Waals surface area contributed by atoms with Crippen molar-refractivity contribution in [2.75, 3.05) is 13.2 Å². The molecular weight excluding hydrogens is 577 g/mol. The predicted octanol–water partition coefficient (Wildman–Crippen LogP) is 8.47. The normalized spacial score (nSPS) is 13.5. The molecule has 0 aliphatic carbocycles. The molecule has 3 aromatic rings. The molecule has 44 heavy (non-hydrogen) atoms. The number of hydrogen-bond acceptors (Lipinski definition) is 4. The van der Waals surface area contributed by atoms with E-state index in [1.807, 2.05) is 18.2 Å². The molecule has 6 heteroatoms. The van der Waals surface area contributed by atoms with Gasteiger partial charge in [0.05, 0.1) is 21.3 Å². The lowest BCUT2D eigenvalue weighted by atomic mass is 10.2. The van der Waals surface area contributed by atoms with Crippen LogP contribution in [0.2, 0.25) is 23.2 Å². The molecule has 0 unspecified atom stereocenters. The molecule has 3 aromatic carbocycles. The van der Waals surface area contributed by atoms with Crippen LogP contribution in [-0.4, -0.2) is 41.7 Å². The number of carbonyl (C=O) groups excluding carboxylic acids is 1. The summed E-state index contributed by atoms with van der Waals surface area (Å²) in [7, 11) is -4.36. The van der Waals surface area contributed by atoms with Crippen molar-refractivity contribution in [1.82, 2.24) is 0 Å². The second-order valence-corrected chi connectivity index (χ2v) is 22.4. The Balaban J connectivity index is 1.89. The molecule has 0 radical (unpaired) electrons. The van der Waals surface area contributed by atoms with Crippen LogP contribution in [0.4, 0.5) is 0 Å². The SMILES string of the molecule is CC[Si](CC)(CC)/C(=C/CCO[Si](c1ccccc1)(c1ccccc1)C(C)(C)C)C[C@H](COCc1ccccc1)OC(C)=O. The van der Waals surface area contributed by atoms with Gasteiger partial charge in [0.15, 0.2) is 0 Å². The number of hydrogen-bond donors (Lipinski definition) is 0. The van der Waals surface area contributed by atoms with Gasteiger partial charge in [-0.15, -0.1) is 0 Å². The van der Waals surface area contributed by atoms with Crippen LogP contribution in [0.15, 0.2) is 102 Å². The van der Waals surface area contributed by atoms with Crippen molar-refractivity contribution in [3.8, 4) is 0 Å². The zero-order valence-corrected chi connectivity index (χ0v) is 30.1. The third-order valence-electron chi connectivity index (χ3n) is 9.15. The Morgan fingerprint density at radius 1 is 0.795 bits per heavy atom. The highest BCUT2D eigenvalue weighted by molar-refractivity contribution is 6.99. The molecule has 0 saturated carbocycles. The molecule has 1 atom stereocenters. The molecule has 0 bridgehead atoms. The fraction of sp³-hybridized carbons (Fsp3) is 0.447. The van der Waals surface area contributed by atoms with Crippen molar-refractivity contribution in [2.45, 2.75) is 97.2 Å². The summed E-state index contributed by atoms with van der Waals surface area (Å²) in [5.41, 5.74) is 1.12. The first-order valence-electron chi connectivity index (χ1n) is 16.3. The van der Waals surface area contributed by atoms with Crippen molar-refractivity contribution < 1.29 is 18.7 Å². The summed E-state index contributed by atoms with van der Waals surface area (Å²) in [4.78, 5) is 12.2. The van der Waals surface area contributed by atoms with Crippen molar-refractivity contribution in [3.63, 3.8) is 0 Å². The molecule has 0 aliphatic rings. The summed E-state index contributed by atoms with van der Waals surface area (Å²) in [6.07, 6.45) is 3.67. The standard InChI is InChI=1S/C38H54O4Si2/c1-8-43(9-2,10-3)37(29-34(42-32(4)39)31-40-30-33-21-14-11-15-22-33)27-20-28-41-44(38(5,6)7,35-23-16-12-17-24-35)36-25-18-13-19-26-36/h11-19,21-27,34H,8-10,20,28-31H2,1-7H3/b37-27+/t34-/m1/s1. The molecule has 0 heterocycles. The Hall–Kier alpha value is -2.78. The maximum Gasteiger partial charge on any atom is 0.302 e. The first-order valence-corrected chi connectivity index (χ1v) is 20.9. The van der Waals surface area contributed by atoms with Gasteiger partial charge < -0.3 is 13.9 Å². The van der Waals surface area contributed by atoms with E-state index in [1.165, 1.54) is 40.6 Å². The Bertz CT molecular complexity index is 1230. The molecule has 0 amide bonds. The monoisotopic (exact) mass is 630 g/mol. The van der Waals surface area contributed by atoms with E-state index in [0.717, 1.165) is 18.4 Å². The predicted molar refractivity (Wildman–Crippen MR) is 190 cm³/mol. The van der Waals surface area contributed by atoms with Crippen molar-refractivity contribution in [1.29, 1.82) is 0 Å². The minimum atomic E-state index is -2.60. The average Bonchev–Trinajstić information content (AvgIpc) is 3.02. The highest BCUT2D eigenvalue weighted by Gasteiger charge is 2.50. The lowest BCUT2D eigenvalue weighted by Gasteiger charge is -2.43. The van der Waals surface area contributed by atoms with E-state index in [4.69, 9.17) is 13.9 Å². The van der Waals surface area contributed by atoms with E-state index in [-0.39, 0.29) is 17.1 Å². The van der Waals surface area contributed by atoms with E-state index in [9.17, 15) is 4.79 Å². The van der Waals surface area contributed by atoms with Gasteiger partial charge in [-0.2, -0.15) is 0 Å². The van der Waals surface area contributed by atoms with Crippen molar-refractivity contribution in [3.05, 3.63) is 108 Å². The number of rotatable bonds is 17. The van der Waals surface area contributed by atoms with Crippen LogP contribution in [0.3, 0.4) is 0 Å². The zero-order valence-electron chi connectivity index (χ0n) is 28.1. The Morgan fingerprint density at radius 3 is 1.75 bits per heavy atom. The lowest BCUT2D eigenvalue weighted by Crippen LogP contribution is -2.66. The molecule has 3 rings (SSSR count). The zero-order chi connectivity index (χ0) is 32.1. The minimum absolute atomic E-state index is 0.0620. The van der Waals surface area contributed by atoms with Gasteiger partial charge in [0, 0.05) is 20.0 Å². The van der Waals surface area contributed by atoms with Gasteiger partial charge in [0.2, 0.25) is 0 Å². The molecule has 0 saturated heterocycles. The second kappa shape index (κ2) is 17.1. The molecule has 4 nitrogen and oxygen atoms in total. The topological polar surface area (TPSA) is 44.8 Å². The third-order valence-corrected chi connectivity index (χ3v) is 20.0. The van der Waals surface area contributed by atoms with Crippen LogP contribution in [-0.2, 0) is 25.3 Å². The Morgan fingerprint density at radius 2 is 1.30 bits per heavy atom. The van der Waals surface area contributed by atoms with Gasteiger partial charge >= 0.3 is 5.97 Å². The van der Waals surface area contributed by atoms with Gasteiger partial charge in [0.25, 0.3) is 8.32 Å². The van der Waals surface area contributed by atoms with Crippen LogP contribution < -0.4 is 10.4 Å². The van der Waals surface area contributed by atoms with E-state index in [1.54, 1.807) is 0 Å². The highest BCUT2D eigenvalue weighted by Crippen LogP contribution is 2.37. The molecule has 0 fully saturated rings. The Kier molecular flexibility index (Phi) is 13.8. The molecule has 0 aliphatic heterocycles. The molecule has 0 N–H and O–H groups in total. The smallest absolute Gasteiger partial charge is 0.302 e. The fourth-order valence-electron chi connectivity index (χ4n) is 6.65. The first kappa shape index (κ1) is 35.7. The number of esters is 1. The summed E-state index contributed by atoms with van der Waals surface area (Å²) in [6.45, 7) is 17.0. The van der Waals surface area contributed by atoms with E-state index in [2.05, 4.69) is 120 Å². The number of benzene rings is 3. The third kappa shape index (κ3) is 9.13. The minimum Gasteiger partial charge on any atom is -0.460 e. The van der Waals surface area contributed by atoms with Gasteiger partial charge in [0.1, 0.15) is 6.10 Å². The van der Waals surface area contributed by atoms with E-state index >= 15 is 0 Å². The average molecular weight is 631 g/mol. The molecule has 0 spiro atoms. The summed E-state index contributed by atoms with van der Waals surface area (Å²) < 4.78 is 19.2. The lowest BCUT2D eigenvalue weighted by molar-refractivity contribution is -0.149. The van der Waals surface area contributed by atoms with Gasteiger partial charge in [-0.25, -0.2) is 0 Å². The largest absolute Gasteiger partial charge is 0.460 e. The van der Waals surface area contributed by atoms with Crippen LogP contribution in [0, 0.1) is 0 Å². The summed E-state index contributed by atoms with van der Waals surface area (Å²) in [6, 6.07) is 35.3. The number of ether oxygens (including phenoxy) is 2. The summed E-state index contributed by atoms with van der Waals surface area (Å²) >= 11 is 0. The summed E-state index contributed by atoms with van der Waals surface area (Å²) in [5, 5.41) is 4.01. The van der Waals surface area contributed by atoms with E-state index in [0.29, 0.717) is 19.8 Å². The fourth-order valence-corrected chi connectivity index (χ4v) is 15.3. The van der Waals surface area contributed by atoms with E-state index < -0.39 is 16.4 Å². The highest BCUT2D eigenvalue weighted by atomic mass is 28.4. The van der Waals surface area contributed by atoms with Crippen molar-refractivity contribution in [2.24, 2.45) is 0 Å². The van der Waals surface area contributed by atoms with Gasteiger partial charge in [-0.3, -0.25) is 4.79 Å². The van der Waals surface area contributed by atoms with Crippen LogP contribution in [0.1, 0.15) is 66.9 Å². The van der Waals surface area contributed by atoms with Gasteiger partial charge in [-0.1, -0.05) is 162 Å². The first-order chi connectivity index (χ1) is 21.1. The molecule has 0 aromatic heterocycles. The van der Waals surface area contributed by atoms with Gasteiger partial charge in [-0.05, 0) is 27.4 Å². The maximum atomic E-state index is 12.2. The Labute approximate surface area is 269 Å². The quantitative estimate of drug-likeness (QED) is 0.0853. The molecular formula is C38H54O4Si2. The van der Waals surface area contributed by atoms with Crippen LogP contribution >= 0.6 is 0 Å². The summed E-state index contributed by atoms with van der Waals surface area (Å²) in [5.74, 6) is -0.260. The molecule has 238 valence electrons. The van der Waals surface area contributed by atoms with Crippen LogP contribution in [0.25, 0.3) is 0 Å². The maximum absolute atomic E-state index is 12.2. The van der Waals surface area contributed by atoms with Crippen molar-refractivity contribution >= 4 is 32.7 Å². The second-order valence-electron chi connectivity index (χ2n) is 12.8. The van der Waals surface area contributed by atoms with Crippen LogP contribution in [0.5, 0.6) is 0 Å². The number of carbonyl (C=O) groups is 1.